The molecule has 1 aliphatic heterocycles. The lowest BCUT2D eigenvalue weighted by atomic mass is 9.86. The topological polar surface area (TPSA) is 40.5 Å². The second-order valence-corrected chi connectivity index (χ2v) is 7.00. The van der Waals surface area contributed by atoms with Gasteiger partial charge in [0.1, 0.15) is 0 Å². The van der Waals surface area contributed by atoms with E-state index in [1.54, 1.807) is 0 Å². The summed E-state index contributed by atoms with van der Waals surface area (Å²) in [6.07, 6.45) is 10.7. The van der Waals surface area contributed by atoms with Crippen molar-refractivity contribution < 1.29 is 9.90 Å². The van der Waals surface area contributed by atoms with Crippen LogP contribution in [0.1, 0.15) is 78.1 Å². The number of rotatable bonds is 6. The van der Waals surface area contributed by atoms with Crippen LogP contribution >= 0.6 is 0 Å². The second kappa shape index (κ2) is 8.17. The molecular weight excluding hydrogens is 262 g/mol. The van der Waals surface area contributed by atoms with Crippen molar-refractivity contribution in [3.05, 3.63) is 0 Å². The molecule has 0 aromatic rings. The Kier molecular flexibility index (Phi) is 6.53. The molecule has 1 saturated carbocycles. The van der Waals surface area contributed by atoms with Crippen LogP contribution < -0.4 is 0 Å². The second-order valence-electron chi connectivity index (χ2n) is 7.00. The highest BCUT2D eigenvalue weighted by molar-refractivity contribution is 5.79. The molecule has 3 nitrogen and oxygen atoms in total. The number of unbranched alkanes of at least 4 members (excludes halogenated alkanes) is 1. The SMILES string of the molecule is CCCCC(CC)C(=O)N1CCCCC1C1CCCC1O. The average Bonchev–Trinajstić information content (AvgIpc) is 2.94. The van der Waals surface area contributed by atoms with E-state index in [4.69, 9.17) is 0 Å². The third-order valence-electron chi connectivity index (χ3n) is 5.61. The monoisotopic (exact) mass is 295 g/mol. The Labute approximate surface area is 130 Å². The Morgan fingerprint density at radius 2 is 2.00 bits per heavy atom. The first-order chi connectivity index (χ1) is 10.2. The number of hydrogen-bond donors (Lipinski definition) is 1. The summed E-state index contributed by atoms with van der Waals surface area (Å²) in [4.78, 5) is 15.1. The molecule has 1 amide bonds. The number of nitrogens with zero attached hydrogens (tertiary/aromatic N) is 1. The molecule has 0 spiro atoms. The molecule has 0 bridgehead atoms. The molecule has 1 aliphatic carbocycles. The highest BCUT2D eigenvalue weighted by Gasteiger charge is 2.39. The summed E-state index contributed by atoms with van der Waals surface area (Å²) < 4.78 is 0. The van der Waals surface area contributed by atoms with Crippen LogP contribution in [-0.2, 0) is 4.79 Å². The van der Waals surface area contributed by atoms with Crippen LogP contribution in [0.5, 0.6) is 0 Å². The lowest BCUT2D eigenvalue weighted by Gasteiger charge is -2.42. The van der Waals surface area contributed by atoms with E-state index >= 15 is 0 Å². The Hall–Kier alpha value is -0.570. The highest BCUT2D eigenvalue weighted by Crippen LogP contribution is 2.36. The van der Waals surface area contributed by atoms with Gasteiger partial charge >= 0.3 is 0 Å². The highest BCUT2D eigenvalue weighted by atomic mass is 16.3. The molecule has 4 atom stereocenters. The lowest BCUT2D eigenvalue weighted by molar-refractivity contribution is -0.142. The number of hydrogen-bond acceptors (Lipinski definition) is 2. The summed E-state index contributed by atoms with van der Waals surface area (Å²) in [5.74, 6) is 0.900. The van der Waals surface area contributed by atoms with E-state index in [1.165, 1.54) is 6.42 Å². The quantitative estimate of drug-likeness (QED) is 0.811. The zero-order valence-corrected chi connectivity index (χ0v) is 13.9. The van der Waals surface area contributed by atoms with Gasteiger partial charge in [-0.15, -0.1) is 0 Å². The standard InChI is InChI=1S/C18H33NO2/c1-3-5-9-14(4-2)18(21)19-13-7-6-11-16(19)15-10-8-12-17(15)20/h14-17,20H,3-13H2,1-2H3. The number of aliphatic hydroxyl groups excluding tert-OH is 1. The molecule has 1 N–H and O–H groups in total. The van der Waals surface area contributed by atoms with Crippen molar-refractivity contribution >= 4 is 5.91 Å². The molecule has 0 aromatic carbocycles. The van der Waals surface area contributed by atoms with Crippen molar-refractivity contribution in [2.45, 2.75) is 90.2 Å². The molecule has 0 aromatic heterocycles. The van der Waals surface area contributed by atoms with E-state index in [9.17, 15) is 9.90 Å². The van der Waals surface area contributed by atoms with Crippen molar-refractivity contribution in [3.8, 4) is 0 Å². The van der Waals surface area contributed by atoms with Gasteiger partial charge in [0, 0.05) is 24.4 Å². The van der Waals surface area contributed by atoms with Crippen molar-refractivity contribution in [1.82, 2.24) is 4.90 Å². The summed E-state index contributed by atoms with van der Waals surface area (Å²) in [6.45, 7) is 5.24. The van der Waals surface area contributed by atoms with Gasteiger partial charge in [0.2, 0.25) is 5.91 Å². The maximum Gasteiger partial charge on any atom is 0.225 e. The normalized spacial score (nSPS) is 31.4. The van der Waals surface area contributed by atoms with Gasteiger partial charge in [-0.25, -0.2) is 0 Å². The van der Waals surface area contributed by atoms with Crippen molar-refractivity contribution in [1.29, 1.82) is 0 Å². The minimum atomic E-state index is -0.181. The Morgan fingerprint density at radius 1 is 1.19 bits per heavy atom. The Bertz CT molecular complexity index is 331. The number of aliphatic hydroxyl groups is 1. The van der Waals surface area contributed by atoms with Crippen LogP contribution in [0.4, 0.5) is 0 Å². The van der Waals surface area contributed by atoms with E-state index in [0.717, 1.165) is 64.3 Å². The van der Waals surface area contributed by atoms with Crippen LogP contribution in [0.25, 0.3) is 0 Å². The molecule has 2 rings (SSSR count). The smallest absolute Gasteiger partial charge is 0.225 e. The largest absolute Gasteiger partial charge is 0.393 e. The fourth-order valence-electron chi connectivity index (χ4n) is 4.28. The van der Waals surface area contributed by atoms with Gasteiger partial charge in [-0.2, -0.15) is 0 Å². The zero-order valence-electron chi connectivity index (χ0n) is 13.9. The third-order valence-corrected chi connectivity index (χ3v) is 5.61. The van der Waals surface area contributed by atoms with Gasteiger partial charge in [-0.1, -0.05) is 33.1 Å². The van der Waals surface area contributed by atoms with Crippen LogP contribution in [0.2, 0.25) is 0 Å². The number of carbonyl (C=O) groups excluding carboxylic acids is 1. The molecule has 21 heavy (non-hydrogen) atoms. The molecule has 3 heteroatoms. The minimum absolute atomic E-state index is 0.181. The molecular formula is C18H33NO2. The number of amides is 1. The van der Waals surface area contributed by atoms with E-state index in [1.807, 2.05) is 0 Å². The van der Waals surface area contributed by atoms with Gasteiger partial charge in [0.25, 0.3) is 0 Å². The van der Waals surface area contributed by atoms with Crippen LogP contribution in [0, 0.1) is 11.8 Å². The van der Waals surface area contributed by atoms with Crippen molar-refractivity contribution in [2.24, 2.45) is 11.8 Å². The predicted octanol–water partition coefficient (Wildman–Crippen LogP) is 3.74. The summed E-state index contributed by atoms with van der Waals surface area (Å²) in [6, 6.07) is 0.305. The Balaban J connectivity index is 2.04. The van der Waals surface area contributed by atoms with Gasteiger partial charge in [-0.05, 0) is 44.9 Å². The number of carbonyl (C=O) groups is 1. The van der Waals surface area contributed by atoms with E-state index in [2.05, 4.69) is 18.7 Å². The molecule has 1 saturated heterocycles. The first kappa shape index (κ1) is 16.8. The lowest BCUT2D eigenvalue weighted by Crippen LogP contribution is -2.51. The van der Waals surface area contributed by atoms with E-state index in [-0.39, 0.29) is 12.0 Å². The summed E-state index contributed by atoms with van der Waals surface area (Å²) >= 11 is 0. The first-order valence-electron chi connectivity index (χ1n) is 9.17. The van der Waals surface area contributed by atoms with Gasteiger partial charge in [-0.3, -0.25) is 4.79 Å². The Morgan fingerprint density at radius 3 is 2.62 bits per heavy atom. The first-order valence-corrected chi connectivity index (χ1v) is 9.17. The molecule has 1 heterocycles. The average molecular weight is 295 g/mol. The van der Waals surface area contributed by atoms with Crippen molar-refractivity contribution in [2.75, 3.05) is 6.54 Å². The number of piperidine rings is 1. The molecule has 2 aliphatic rings. The molecule has 0 radical (unpaired) electrons. The van der Waals surface area contributed by atoms with Crippen LogP contribution in [-0.4, -0.2) is 34.6 Å². The fraction of sp³-hybridized carbons (Fsp3) is 0.944. The molecule has 2 fully saturated rings. The van der Waals surface area contributed by atoms with Crippen LogP contribution in [0.3, 0.4) is 0 Å². The van der Waals surface area contributed by atoms with Gasteiger partial charge < -0.3 is 10.0 Å². The number of likely N-dealkylation sites (tertiary alicyclic amines) is 1. The fourth-order valence-corrected chi connectivity index (χ4v) is 4.28. The van der Waals surface area contributed by atoms with E-state index in [0.29, 0.717) is 17.9 Å². The summed E-state index contributed by atoms with van der Waals surface area (Å²) in [5.41, 5.74) is 0. The zero-order chi connectivity index (χ0) is 15.2. The third kappa shape index (κ3) is 4.00. The summed E-state index contributed by atoms with van der Waals surface area (Å²) in [7, 11) is 0. The maximum atomic E-state index is 13.0. The van der Waals surface area contributed by atoms with Crippen LogP contribution in [0.15, 0.2) is 0 Å². The van der Waals surface area contributed by atoms with E-state index < -0.39 is 0 Å². The van der Waals surface area contributed by atoms with Gasteiger partial charge in [0.15, 0.2) is 0 Å². The molecule has 122 valence electrons. The maximum absolute atomic E-state index is 13.0. The van der Waals surface area contributed by atoms with Crippen molar-refractivity contribution in [3.63, 3.8) is 0 Å². The molecule has 4 unspecified atom stereocenters. The van der Waals surface area contributed by atoms with Gasteiger partial charge in [0.05, 0.1) is 6.10 Å². The predicted molar refractivity (Wildman–Crippen MR) is 86.0 cm³/mol. The minimum Gasteiger partial charge on any atom is -0.393 e. The summed E-state index contributed by atoms with van der Waals surface area (Å²) in [5, 5.41) is 10.2.